The predicted octanol–water partition coefficient (Wildman–Crippen LogP) is 2.31. The van der Waals surface area contributed by atoms with Crippen molar-refractivity contribution in [1.29, 1.82) is 5.26 Å². The van der Waals surface area contributed by atoms with Crippen LogP contribution in [0, 0.1) is 34.3 Å². The van der Waals surface area contributed by atoms with Gasteiger partial charge in [-0.25, -0.2) is 0 Å². The number of hydrogen-bond acceptors (Lipinski definition) is 6. The van der Waals surface area contributed by atoms with Crippen molar-refractivity contribution >= 4 is 23.6 Å². The van der Waals surface area contributed by atoms with E-state index in [1.165, 1.54) is 24.4 Å². The van der Waals surface area contributed by atoms with E-state index in [1.54, 1.807) is 19.9 Å². The third kappa shape index (κ3) is 3.88. The van der Waals surface area contributed by atoms with Gasteiger partial charge in [0.05, 0.1) is 23.3 Å². The van der Waals surface area contributed by atoms with Gasteiger partial charge < -0.3 is 4.74 Å². The molecule has 7 heteroatoms. The first-order valence-electron chi connectivity index (χ1n) is 5.85. The molecule has 0 aliphatic rings. The molecule has 0 radical (unpaired) electrons. The molecule has 0 saturated heterocycles. The van der Waals surface area contributed by atoms with Gasteiger partial charge in [0.2, 0.25) is 0 Å². The molecule has 0 aliphatic heterocycles. The summed E-state index contributed by atoms with van der Waals surface area (Å²) in [5.74, 6) is -1.76. The lowest BCUT2D eigenvalue weighted by Crippen LogP contribution is -2.17. The van der Waals surface area contributed by atoms with Crippen LogP contribution >= 0.6 is 0 Å². The molecule has 0 fully saturated rings. The summed E-state index contributed by atoms with van der Waals surface area (Å²) in [6.45, 7) is 3.41. The summed E-state index contributed by atoms with van der Waals surface area (Å²) in [6.07, 6.45) is 1.17. The number of nitro groups is 1. The second-order valence-electron chi connectivity index (χ2n) is 3.86. The molecule has 0 N–H and O–H groups in total. The first kappa shape index (κ1) is 15.3. The molecule has 1 atom stereocenters. The van der Waals surface area contributed by atoms with Gasteiger partial charge >= 0.3 is 5.97 Å². The Balaban J connectivity index is 2.90. The highest BCUT2D eigenvalue weighted by atomic mass is 16.6. The van der Waals surface area contributed by atoms with E-state index in [0.29, 0.717) is 11.3 Å². The fraction of sp³-hybridized carbons (Fsp3) is 0.308. The number of nitrogens with zero attached hydrogens (tertiary/aromatic N) is 3. The molecule has 1 rings (SSSR count). The van der Waals surface area contributed by atoms with Crippen molar-refractivity contribution in [3.05, 3.63) is 33.9 Å². The second-order valence-corrected chi connectivity index (χ2v) is 3.86. The van der Waals surface area contributed by atoms with E-state index in [1.807, 2.05) is 0 Å². The number of rotatable bonds is 5. The zero-order valence-corrected chi connectivity index (χ0v) is 11.1. The maximum atomic E-state index is 11.4. The Kier molecular flexibility index (Phi) is 5.35. The number of carbonyl (C=O) groups excluding carboxylic acids is 1. The Hall–Kier alpha value is -2.75. The number of carbonyl (C=O) groups is 1. The van der Waals surface area contributed by atoms with Crippen LogP contribution < -0.4 is 0 Å². The Morgan fingerprint density at radius 2 is 2.35 bits per heavy atom. The van der Waals surface area contributed by atoms with E-state index in [9.17, 15) is 14.9 Å². The lowest BCUT2D eigenvalue weighted by Gasteiger charge is -2.03. The van der Waals surface area contributed by atoms with Crippen molar-refractivity contribution in [2.75, 3.05) is 6.61 Å². The normalized spacial score (nSPS) is 11.8. The molecule has 1 aromatic rings. The van der Waals surface area contributed by atoms with Crippen LogP contribution in [0.25, 0.3) is 0 Å². The predicted molar refractivity (Wildman–Crippen MR) is 71.7 cm³/mol. The Morgan fingerprint density at radius 1 is 1.65 bits per heavy atom. The maximum Gasteiger partial charge on any atom is 0.328 e. The van der Waals surface area contributed by atoms with Gasteiger partial charge in [0.15, 0.2) is 5.92 Å². The van der Waals surface area contributed by atoms with Crippen molar-refractivity contribution in [1.82, 2.24) is 0 Å². The SMILES string of the molecule is CCOC(=O)C(C#N)C=Nc1ccc([N+](=O)[O-])c(C)c1. The van der Waals surface area contributed by atoms with Crippen LogP contribution in [0.15, 0.2) is 23.2 Å². The Labute approximate surface area is 115 Å². The van der Waals surface area contributed by atoms with Gasteiger partial charge in [-0.3, -0.25) is 19.9 Å². The highest BCUT2D eigenvalue weighted by Gasteiger charge is 2.16. The smallest absolute Gasteiger partial charge is 0.328 e. The van der Waals surface area contributed by atoms with Crippen molar-refractivity contribution in [3.63, 3.8) is 0 Å². The molecule has 0 saturated carbocycles. The molecule has 104 valence electrons. The molecule has 0 aromatic heterocycles. The van der Waals surface area contributed by atoms with Gasteiger partial charge in [-0.15, -0.1) is 0 Å². The van der Waals surface area contributed by atoms with Crippen LogP contribution in [0.3, 0.4) is 0 Å². The van der Waals surface area contributed by atoms with Crippen LogP contribution in [0.4, 0.5) is 11.4 Å². The number of nitriles is 1. The number of benzene rings is 1. The molecule has 0 amide bonds. The standard InChI is InChI=1S/C13H13N3O4/c1-3-20-13(17)10(7-14)8-15-11-4-5-12(16(18)19)9(2)6-11/h4-6,8,10H,3H2,1-2H3. The van der Waals surface area contributed by atoms with Crippen molar-refractivity contribution in [2.24, 2.45) is 10.9 Å². The number of ether oxygens (including phenoxy) is 1. The summed E-state index contributed by atoms with van der Waals surface area (Å²) in [4.78, 5) is 25.5. The average Bonchev–Trinajstić information content (AvgIpc) is 2.39. The number of aliphatic imine (C=N–C) groups is 1. The summed E-state index contributed by atoms with van der Waals surface area (Å²) in [5, 5.41) is 19.5. The molecule has 0 spiro atoms. The highest BCUT2D eigenvalue weighted by Crippen LogP contribution is 2.23. The zero-order valence-electron chi connectivity index (χ0n) is 11.1. The molecule has 20 heavy (non-hydrogen) atoms. The monoisotopic (exact) mass is 275 g/mol. The van der Waals surface area contributed by atoms with Crippen molar-refractivity contribution in [2.45, 2.75) is 13.8 Å². The Bertz CT molecular complexity index is 590. The Morgan fingerprint density at radius 3 is 2.85 bits per heavy atom. The summed E-state index contributed by atoms with van der Waals surface area (Å²) in [5.41, 5.74) is 0.873. The number of nitro benzene ring substituents is 1. The summed E-state index contributed by atoms with van der Waals surface area (Å²) in [7, 11) is 0. The maximum absolute atomic E-state index is 11.4. The van der Waals surface area contributed by atoms with Gasteiger partial charge in [0.1, 0.15) is 0 Å². The van der Waals surface area contributed by atoms with Gasteiger partial charge in [0.25, 0.3) is 5.69 Å². The summed E-state index contributed by atoms with van der Waals surface area (Å²) >= 11 is 0. The van der Waals surface area contributed by atoms with Crippen molar-refractivity contribution < 1.29 is 14.5 Å². The van der Waals surface area contributed by atoms with Crippen LogP contribution in [0.5, 0.6) is 0 Å². The topological polar surface area (TPSA) is 106 Å². The lowest BCUT2D eigenvalue weighted by molar-refractivity contribution is -0.385. The minimum absolute atomic E-state index is 0.00817. The second kappa shape index (κ2) is 6.99. The van der Waals surface area contributed by atoms with Gasteiger partial charge in [-0.2, -0.15) is 5.26 Å². The molecule has 7 nitrogen and oxygen atoms in total. The molecule has 0 aliphatic carbocycles. The fourth-order valence-corrected chi connectivity index (χ4v) is 1.46. The van der Waals surface area contributed by atoms with Crippen LogP contribution in [-0.4, -0.2) is 23.7 Å². The molecule has 0 heterocycles. The van der Waals surface area contributed by atoms with E-state index >= 15 is 0 Å². The van der Waals surface area contributed by atoms with Crippen LogP contribution in [0.2, 0.25) is 0 Å². The van der Waals surface area contributed by atoms with Crippen molar-refractivity contribution in [3.8, 4) is 6.07 Å². The van der Waals surface area contributed by atoms with Crippen LogP contribution in [0.1, 0.15) is 12.5 Å². The molecular formula is C13H13N3O4. The van der Waals surface area contributed by atoms with E-state index in [0.717, 1.165) is 0 Å². The minimum Gasteiger partial charge on any atom is -0.465 e. The van der Waals surface area contributed by atoms with E-state index in [2.05, 4.69) is 4.99 Å². The molecular weight excluding hydrogens is 262 g/mol. The summed E-state index contributed by atoms with van der Waals surface area (Å²) < 4.78 is 4.72. The molecule has 1 unspecified atom stereocenters. The summed E-state index contributed by atoms with van der Waals surface area (Å²) in [6, 6.07) is 6.05. The third-order valence-electron chi connectivity index (χ3n) is 2.43. The van der Waals surface area contributed by atoms with Gasteiger partial charge in [0, 0.05) is 17.8 Å². The van der Waals surface area contributed by atoms with Crippen LogP contribution in [-0.2, 0) is 9.53 Å². The quantitative estimate of drug-likeness (QED) is 0.355. The van der Waals surface area contributed by atoms with E-state index in [-0.39, 0.29) is 12.3 Å². The zero-order chi connectivity index (χ0) is 15.1. The molecule has 0 bridgehead atoms. The first-order valence-corrected chi connectivity index (χ1v) is 5.85. The van der Waals surface area contributed by atoms with E-state index < -0.39 is 16.8 Å². The average molecular weight is 275 g/mol. The fourth-order valence-electron chi connectivity index (χ4n) is 1.46. The largest absolute Gasteiger partial charge is 0.465 e. The highest BCUT2D eigenvalue weighted by molar-refractivity contribution is 5.93. The van der Waals surface area contributed by atoms with E-state index in [4.69, 9.17) is 10.00 Å². The number of esters is 1. The number of aryl methyl sites for hydroxylation is 1. The van der Waals surface area contributed by atoms with Gasteiger partial charge in [-0.05, 0) is 26.0 Å². The number of hydrogen-bond donors (Lipinski definition) is 0. The first-order chi connectivity index (χ1) is 9.49. The third-order valence-corrected chi connectivity index (χ3v) is 2.43. The molecule has 1 aromatic carbocycles. The lowest BCUT2D eigenvalue weighted by atomic mass is 10.1. The minimum atomic E-state index is -1.09. The van der Waals surface area contributed by atoms with Gasteiger partial charge in [-0.1, -0.05) is 0 Å².